The van der Waals surface area contributed by atoms with Crippen LogP contribution in [0.4, 0.5) is 4.48 Å². The summed E-state index contributed by atoms with van der Waals surface area (Å²) in [6.45, 7) is 29.1. The van der Waals surface area contributed by atoms with Gasteiger partial charge in [0.15, 0.2) is 7.98 Å². The Morgan fingerprint density at radius 1 is 0.793 bits per heavy atom. The third-order valence-corrected chi connectivity index (χ3v) is 6.61. The van der Waals surface area contributed by atoms with Crippen molar-refractivity contribution >= 4 is 16.0 Å². The lowest BCUT2D eigenvalue weighted by atomic mass is 9.68. The van der Waals surface area contributed by atoms with Crippen molar-refractivity contribution in [3.8, 4) is 0 Å². The Balaban J connectivity index is 5.64. The zero-order valence-electron chi connectivity index (χ0n) is 21.8. The second-order valence-corrected chi connectivity index (χ2v) is 13.1. The van der Waals surface area contributed by atoms with Gasteiger partial charge in [-0.2, -0.15) is 5.03 Å². The molecule has 0 aromatic rings. The van der Waals surface area contributed by atoms with Gasteiger partial charge in [0.05, 0.1) is 0 Å². The Hall–Kier alpha value is -0.0601. The van der Waals surface area contributed by atoms with Crippen LogP contribution in [-0.4, -0.2) is 68.5 Å². The number of rotatable bonds is 11. The third kappa shape index (κ3) is 9.31. The molecular formula is C23H48B2FN3. The molecule has 29 heavy (non-hydrogen) atoms. The van der Waals surface area contributed by atoms with E-state index in [9.17, 15) is 4.48 Å². The summed E-state index contributed by atoms with van der Waals surface area (Å²) in [6, 6.07) is 0. The number of nitrogens with zero attached hydrogens (tertiary/aromatic N) is 3. The van der Waals surface area contributed by atoms with Crippen molar-refractivity contribution in [1.29, 1.82) is 0 Å². The molecule has 1 atom stereocenters. The number of hydrogen-bond acceptors (Lipinski definition) is 3. The lowest BCUT2D eigenvalue weighted by molar-refractivity contribution is -0.0156. The molecule has 0 heterocycles. The first-order chi connectivity index (χ1) is 12.5. The molecule has 0 rings (SSSR count). The zero-order chi connectivity index (χ0) is 23.6. The largest absolute Gasteiger partial charge is 0.351 e. The number of halogens is 1. The van der Waals surface area contributed by atoms with Crippen molar-refractivity contribution in [3.63, 3.8) is 0 Å². The maximum absolute atomic E-state index is 13.8. The summed E-state index contributed by atoms with van der Waals surface area (Å²) in [4.78, 5) is 4.38. The Kier molecular flexibility index (Phi) is 9.59. The Morgan fingerprint density at radius 2 is 1.24 bits per heavy atom. The molecule has 0 saturated carbocycles. The Morgan fingerprint density at radius 3 is 1.59 bits per heavy atom. The smallest absolute Gasteiger partial charge is 0.232 e. The van der Waals surface area contributed by atoms with Crippen LogP contribution in [-0.2, 0) is 0 Å². The molecule has 0 fully saturated rings. The Bertz CT molecular complexity index is 509. The SMILES string of the molecule is [B]N(F)C(C)(C)CC(C)(C)CN(CC(C)(C)C)CC(C)(C)C(C)C(C)(C)N([B])C. The highest BCUT2D eigenvalue weighted by molar-refractivity contribution is 6.04. The fourth-order valence-corrected chi connectivity index (χ4v) is 4.72. The van der Waals surface area contributed by atoms with E-state index < -0.39 is 5.54 Å². The molecule has 6 heteroatoms. The van der Waals surface area contributed by atoms with E-state index in [1.54, 1.807) is 0 Å². The number of hydrogen-bond donors (Lipinski definition) is 0. The third-order valence-electron chi connectivity index (χ3n) is 6.61. The summed E-state index contributed by atoms with van der Waals surface area (Å²) in [6.07, 6.45) is 0.667. The average molecular weight is 407 g/mol. The fraction of sp³-hybridized carbons (Fsp3) is 1.00. The topological polar surface area (TPSA) is 9.72 Å². The van der Waals surface area contributed by atoms with Gasteiger partial charge in [-0.15, -0.1) is 4.48 Å². The molecule has 4 radical (unpaired) electrons. The summed E-state index contributed by atoms with van der Waals surface area (Å²) in [5.41, 5.74) is -0.691. The van der Waals surface area contributed by atoms with Gasteiger partial charge in [0, 0.05) is 30.7 Å². The van der Waals surface area contributed by atoms with Gasteiger partial charge < -0.3 is 9.71 Å². The van der Waals surface area contributed by atoms with Crippen LogP contribution < -0.4 is 0 Å². The minimum atomic E-state index is -0.704. The zero-order valence-corrected chi connectivity index (χ0v) is 21.8. The normalized spacial score (nSPS) is 16.2. The maximum Gasteiger partial charge on any atom is 0.232 e. The highest BCUT2D eigenvalue weighted by Crippen LogP contribution is 2.40. The summed E-state index contributed by atoms with van der Waals surface area (Å²) >= 11 is 0. The van der Waals surface area contributed by atoms with E-state index in [1.807, 2.05) is 25.7 Å². The van der Waals surface area contributed by atoms with Crippen LogP contribution in [0.1, 0.15) is 89.5 Å². The highest BCUT2D eigenvalue weighted by Gasteiger charge is 2.41. The van der Waals surface area contributed by atoms with E-state index in [0.717, 1.165) is 19.6 Å². The first-order valence-electron chi connectivity index (χ1n) is 11.0. The van der Waals surface area contributed by atoms with Crippen LogP contribution >= 0.6 is 0 Å². The molecule has 0 saturated heterocycles. The lowest BCUT2D eigenvalue weighted by Crippen LogP contribution is -2.54. The molecule has 0 aromatic heterocycles. The van der Waals surface area contributed by atoms with E-state index in [0.29, 0.717) is 17.4 Å². The monoisotopic (exact) mass is 407 g/mol. The van der Waals surface area contributed by atoms with Gasteiger partial charge in [0.1, 0.15) is 0 Å². The molecule has 0 aliphatic rings. The quantitative estimate of drug-likeness (QED) is 0.342. The Labute approximate surface area is 184 Å². The molecule has 168 valence electrons. The second-order valence-electron chi connectivity index (χ2n) is 13.1. The maximum atomic E-state index is 13.8. The van der Waals surface area contributed by atoms with Crippen LogP contribution in [0, 0.1) is 22.2 Å². The van der Waals surface area contributed by atoms with E-state index in [2.05, 4.69) is 74.1 Å². The van der Waals surface area contributed by atoms with Crippen molar-refractivity contribution < 1.29 is 4.48 Å². The van der Waals surface area contributed by atoms with E-state index in [4.69, 9.17) is 16.0 Å². The lowest BCUT2D eigenvalue weighted by Gasteiger charge is -2.50. The summed E-state index contributed by atoms with van der Waals surface area (Å²) in [5.74, 6) is 0.373. The standard InChI is InChI=1S/C23H48B2FN3/c1-18(23(11,12)27(13)24)21(7,8)17-28(15-19(2,3)4)16-20(5,6)14-22(9,10)29(25)26/h18H,14-17H2,1-13H3. The van der Waals surface area contributed by atoms with E-state index in [-0.39, 0.29) is 21.8 Å². The van der Waals surface area contributed by atoms with Gasteiger partial charge >= 0.3 is 0 Å². The van der Waals surface area contributed by atoms with E-state index >= 15 is 0 Å². The predicted octanol–water partition coefficient (Wildman–Crippen LogP) is 5.26. The average Bonchev–Trinajstić information content (AvgIpc) is 2.41. The minimum absolute atomic E-state index is 0.0496. The molecule has 3 nitrogen and oxygen atoms in total. The van der Waals surface area contributed by atoms with Crippen LogP contribution in [0.3, 0.4) is 0 Å². The molecule has 0 aliphatic heterocycles. The van der Waals surface area contributed by atoms with Crippen LogP contribution in [0.5, 0.6) is 0 Å². The molecule has 1 unspecified atom stereocenters. The second kappa shape index (κ2) is 9.61. The molecule has 0 amide bonds. The summed E-state index contributed by atoms with van der Waals surface area (Å²) in [5, 5.41) is 0.356. The van der Waals surface area contributed by atoms with Gasteiger partial charge in [0.25, 0.3) is 0 Å². The predicted molar refractivity (Wildman–Crippen MR) is 128 cm³/mol. The van der Waals surface area contributed by atoms with Gasteiger partial charge in [-0.1, -0.05) is 55.4 Å². The van der Waals surface area contributed by atoms with E-state index in [1.165, 1.54) is 0 Å². The molecule has 0 aromatic carbocycles. The molecule has 0 aliphatic carbocycles. The van der Waals surface area contributed by atoms with Crippen LogP contribution in [0.25, 0.3) is 0 Å². The van der Waals surface area contributed by atoms with Crippen LogP contribution in [0.15, 0.2) is 0 Å². The van der Waals surface area contributed by atoms with Gasteiger partial charge in [-0.3, -0.25) is 0 Å². The van der Waals surface area contributed by atoms with Crippen molar-refractivity contribution in [1.82, 2.24) is 14.7 Å². The molecular weight excluding hydrogens is 359 g/mol. The van der Waals surface area contributed by atoms with Gasteiger partial charge in [0.2, 0.25) is 7.98 Å². The van der Waals surface area contributed by atoms with Crippen molar-refractivity contribution in [3.05, 3.63) is 0 Å². The highest BCUT2D eigenvalue weighted by atomic mass is 19.2. The minimum Gasteiger partial charge on any atom is -0.351 e. The first-order valence-corrected chi connectivity index (χ1v) is 11.0. The van der Waals surface area contributed by atoms with Crippen molar-refractivity contribution in [2.24, 2.45) is 22.2 Å². The first kappa shape index (κ1) is 28.9. The molecule has 0 bridgehead atoms. The van der Waals surface area contributed by atoms with Crippen molar-refractivity contribution in [2.75, 3.05) is 26.7 Å². The van der Waals surface area contributed by atoms with Crippen LogP contribution in [0.2, 0.25) is 0 Å². The fourth-order valence-electron chi connectivity index (χ4n) is 4.72. The molecule has 0 N–H and O–H groups in total. The van der Waals surface area contributed by atoms with Gasteiger partial charge in [-0.25, -0.2) is 0 Å². The van der Waals surface area contributed by atoms with Crippen molar-refractivity contribution in [2.45, 2.75) is 101 Å². The summed E-state index contributed by atoms with van der Waals surface area (Å²) in [7, 11) is 13.6. The van der Waals surface area contributed by atoms with Gasteiger partial charge in [-0.05, 0) is 63.3 Å². The molecule has 0 spiro atoms. The summed E-state index contributed by atoms with van der Waals surface area (Å²) < 4.78 is 13.8.